The van der Waals surface area contributed by atoms with Crippen LogP contribution in [0.1, 0.15) is 26.3 Å². The molecule has 1 heterocycles. The van der Waals surface area contributed by atoms with E-state index >= 15 is 0 Å². The number of anilines is 3. The summed E-state index contributed by atoms with van der Waals surface area (Å²) in [5.41, 5.74) is 3.17. The highest BCUT2D eigenvalue weighted by molar-refractivity contribution is 5.94. The average Bonchev–Trinajstić information content (AvgIpc) is 2.83. The monoisotopic (exact) mass is 506 g/mol. The van der Waals surface area contributed by atoms with Gasteiger partial charge in [-0.3, -0.25) is 4.79 Å². The van der Waals surface area contributed by atoms with Crippen molar-refractivity contribution in [1.29, 1.82) is 0 Å². The topological polar surface area (TPSA) is 97.0 Å². The molecule has 1 saturated heterocycles. The van der Waals surface area contributed by atoms with Crippen molar-refractivity contribution in [3.8, 4) is 0 Å². The van der Waals surface area contributed by atoms with Crippen molar-refractivity contribution in [2.24, 2.45) is 0 Å². The summed E-state index contributed by atoms with van der Waals surface area (Å²) in [5, 5.41) is 8.69. The zero-order valence-electron chi connectivity index (χ0n) is 22.2. The molecule has 0 aromatic heterocycles. The summed E-state index contributed by atoms with van der Waals surface area (Å²) in [4.78, 5) is 43.1. The van der Waals surface area contributed by atoms with Crippen molar-refractivity contribution < 1.29 is 14.4 Å². The largest absolute Gasteiger partial charge is 0.368 e. The first-order valence-electron chi connectivity index (χ1n) is 12.5. The number of nitrogens with one attached hydrogen (secondary N) is 3. The molecule has 198 valence electrons. The molecule has 5 amide bonds. The third kappa shape index (κ3) is 8.56. The van der Waals surface area contributed by atoms with Crippen molar-refractivity contribution in [2.45, 2.75) is 33.2 Å². The fraction of sp³-hybridized carbons (Fsp3) is 0.393. The molecular weight excluding hydrogens is 468 g/mol. The van der Waals surface area contributed by atoms with E-state index in [2.05, 4.69) is 27.4 Å². The van der Waals surface area contributed by atoms with Crippen LogP contribution in [0, 0.1) is 6.92 Å². The van der Waals surface area contributed by atoms with E-state index in [0.29, 0.717) is 31.9 Å². The van der Waals surface area contributed by atoms with Gasteiger partial charge in [-0.25, -0.2) is 9.59 Å². The standard InChI is InChI=1S/C28H38N6O3/c1-6-14-34(27(37)31-28(3,4)5)20-25(35)29-22-10-12-24(13-11-22)32-15-17-33(18-16-32)26(36)30-23-9-7-8-21(2)19-23/h6-13,19H,1,14-18,20H2,2-5H3,(H,29,35)(H,30,36)(H,31,37). The second kappa shape index (κ2) is 12.3. The molecule has 0 radical (unpaired) electrons. The molecule has 3 N–H and O–H groups in total. The summed E-state index contributed by atoms with van der Waals surface area (Å²) in [6.07, 6.45) is 1.59. The zero-order valence-corrected chi connectivity index (χ0v) is 22.2. The molecule has 2 aromatic carbocycles. The molecule has 0 aliphatic carbocycles. The normalized spacial score (nSPS) is 13.5. The number of carbonyl (C=O) groups excluding carboxylic acids is 3. The van der Waals surface area contributed by atoms with Gasteiger partial charge in [-0.1, -0.05) is 18.2 Å². The minimum absolute atomic E-state index is 0.0811. The summed E-state index contributed by atoms with van der Waals surface area (Å²) in [6, 6.07) is 14.9. The number of hydrogen-bond acceptors (Lipinski definition) is 4. The average molecular weight is 507 g/mol. The highest BCUT2D eigenvalue weighted by Crippen LogP contribution is 2.20. The minimum atomic E-state index is -0.404. The molecule has 0 spiro atoms. The molecule has 9 heteroatoms. The molecular formula is C28H38N6O3. The molecule has 0 saturated carbocycles. The van der Waals surface area contributed by atoms with Crippen molar-refractivity contribution in [1.82, 2.24) is 15.1 Å². The van der Waals surface area contributed by atoms with Gasteiger partial charge in [0.25, 0.3) is 0 Å². The number of hydrogen-bond donors (Lipinski definition) is 3. The number of amides is 5. The Balaban J connectivity index is 1.49. The Morgan fingerprint density at radius 1 is 0.973 bits per heavy atom. The third-order valence-electron chi connectivity index (χ3n) is 5.81. The summed E-state index contributed by atoms with van der Waals surface area (Å²) in [6.45, 7) is 14.2. The second-order valence-electron chi connectivity index (χ2n) is 10.2. The van der Waals surface area contributed by atoms with Gasteiger partial charge in [-0.15, -0.1) is 6.58 Å². The van der Waals surface area contributed by atoms with E-state index in [9.17, 15) is 14.4 Å². The molecule has 3 rings (SSSR count). The first kappa shape index (κ1) is 27.6. The van der Waals surface area contributed by atoms with Crippen molar-refractivity contribution in [3.63, 3.8) is 0 Å². The predicted molar refractivity (Wildman–Crippen MR) is 149 cm³/mol. The molecule has 0 unspecified atom stereocenters. The fourth-order valence-corrected chi connectivity index (χ4v) is 4.00. The van der Waals surface area contributed by atoms with Crippen molar-refractivity contribution in [2.75, 3.05) is 54.8 Å². The van der Waals surface area contributed by atoms with Crippen LogP contribution < -0.4 is 20.9 Å². The van der Waals surface area contributed by atoms with E-state index < -0.39 is 5.54 Å². The summed E-state index contributed by atoms with van der Waals surface area (Å²) >= 11 is 0. The first-order valence-corrected chi connectivity index (χ1v) is 12.5. The van der Waals surface area contributed by atoms with Crippen LogP contribution >= 0.6 is 0 Å². The van der Waals surface area contributed by atoms with E-state index in [1.807, 2.05) is 81.1 Å². The number of urea groups is 2. The van der Waals surface area contributed by atoms with Crippen LogP contribution in [0.25, 0.3) is 0 Å². The van der Waals surface area contributed by atoms with Crippen LogP contribution in [0.4, 0.5) is 26.7 Å². The SMILES string of the molecule is C=CCN(CC(=O)Nc1ccc(N2CCN(C(=O)Nc3cccc(C)c3)CC2)cc1)C(=O)NC(C)(C)C. The lowest BCUT2D eigenvalue weighted by atomic mass is 10.1. The Hall–Kier alpha value is -4.01. The molecule has 1 aliphatic heterocycles. The first-order chi connectivity index (χ1) is 17.5. The highest BCUT2D eigenvalue weighted by atomic mass is 16.2. The lowest BCUT2D eigenvalue weighted by Crippen LogP contribution is -2.50. The Kier molecular flexibility index (Phi) is 9.16. The van der Waals surface area contributed by atoms with Crippen molar-refractivity contribution >= 4 is 35.0 Å². The van der Waals surface area contributed by atoms with E-state index in [1.165, 1.54) is 4.90 Å². The maximum Gasteiger partial charge on any atom is 0.321 e. The predicted octanol–water partition coefficient (Wildman–Crippen LogP) is 4.28. The van der Waals surface area contributed by atoms with Crippen LogP contribution in [0.5, 0.6) is 0 Å². The van der Waals surface area contributed by atoms with Gasteiger partial charge in [0.15, 0.2) is 0 Å². The van der Waals surface area contributed by atoms with Crippen molar-refractivity contribution in [3.05, 3.63) is 66.7 Å². The molecule has 0 atom stereocenters. The van der Waals surface area contributed by atoms with Crippen LogP contribution in [-0.2, 0) is 4.79 Å². The Morgan fingerprint density at radius 2 is 1.65 bits per heavy atom. The van der Waals surface area contributed by atoms with Gasteiger partial charge in [-0.05, 0) is 69.7 Å². The lowest BCUT2D eigenvalue weighted by Gasteiger charge is -2.36. The Labute approximate surface area is 219 Å². The highest BCUT2D eigenvalue weighted by Gasteiger charge is 2.23. The van der Waals surface area contributed by atoms with Gasteiger partial charge in [0.1, 0.15) is 6.54 Å². The zero-order chi connectivity index (χ0) is 27.0. The molecule has 1 fully saturated rings. The number of carbonyl (C=O) groups is 3. The molecule has 37 heavy (non-hydrogen) atoms. The van der Waals surface area contributed by atoms with Crippen LogP contribution in [-0.4, -0.2) is 72.6 Å². The number of piperazine rings is 1. The molecule has 9 nitrogen and oxygen atoms in total. The minimum Gasteiger partial charge on any atom is -0.368 e. The van der Waals surface area contributed by atoms with Crippen LogP contribution in [0.2, 0.25) is 0 Å². The van der Waals surface area contributed by atoms with E-state index in [-0.39, 0.29) is 31.1 Å². The molecule has 0 bridgehead atoms. The maximum absolute atomic E-state index is 12.6. The fourth-order valence-electron chi connectivity index (χ4n) is 4.00. The van der Waals surface area contributed by atoms with Crippen LogP contribution in [0.15, 0.2) is 61.2 Å². The van der Waals surface area contributed by atoms with Gasteiger partial charge in [0.2, 0.25) is 5.91 Å². The summed E-state index contributed by atoms with van der Waals surface area (Å²) < 4.78 is 0. The number of rotatable bonds is 7. The summed E-state index contributed by atoms with van der Waals surface area (Å²) in [7, 11) is 0. The Bertz CT molecular complexity index is 1100. The quantitative estimate of drug-likeness (QED) is 0.488. The molecule has 2 aromatic rings. The smallest absolute Gasteiger partial charge is 0.321 e. The van der Waals surface area contributed by atoms with Gasteiger partial charge in [0, 0.05) is 55.3 Å². The second-order valence-corrected chi connectivity index (χ2v) is 10.2. The number of aryl methyl sites for hydroxylation is 1. The molecule has 1 aliphatic rings. The van der Waals surface area contributed by atoms with E-state index in [1.54, 1.807) is 6.08 Å². The van der Waals surface area contributed by atoms with Gasteiger partial charge in [-0.2, -0.15) is 0 Å². The third-order valence-corrected chi connectivity index (χ3v) is 5.81. The lowest BCUT2D eigenvalue weighted by molar-refractivity contribution is -0.116. The number of benzene rings is 2. The van der Waals surface area contributed by atoms with E-state index in [4.69, 9.17) is 0 Å². The number of nitrogens with zero attached hydrogens (tertiary/aromatic N) is 3. The summed E-state index contributed by atoms with van der Waals surface area (Å²) in [5.74, 6) is -0.285. The van der Waals surface area contributed by atoms with Crippen LogP contribution in [0.3, 0.4) is 0 Å². The Morgan fingerprint density at radius 3 is 2.24 bits per heavy atom. The maximum atomic E-state index is 12.6. The van der Waals surface area contributed by atoms with E-state index in [0.717, 1.165) is 16.9 Å². The van der Waals surface area contributed by atoms with Gasteiger partial charge >= 0.3 is 12.1 Å². The van der Waals surface area contributed by atoms with Gasteiger partial charge < -0.3 is 30.7 Å². The van der Waals surface area contributed by atoms with Gasteiger partial charge in [0.05, 0.1) is 0 Å².